The van der Waals surface area contributed by atoms with E-state index in [1.165, 1.54) is 19.9 Å². The molecule has 0 unspecified atom stereocenters. The van der Waals surface area contributed by atoms with E-state index in [2.05, 4.69) is 10.4 Å². The summed E-state index contributed by atoms with van der Waals surface area (Å²) in [6.45, 7) is 8.73. The third-order valence-corrected chi connectivity index (χ3v) is 6.26. The number of hydrogen-bond acceptors (Lipinski definition) is 8. The number of carbonyl (C=O) groups is 3. The number of ether oxygens (including phenoxy) is 1. The van der Waals surface area contributed by atoms with Gasteiger partial charge in [0.05, 0.1) is 23.4 Å². The first kappa shape index (κ1) is 22.3. The summed E-state index contributed by atoms with van der Waals surface area (Å²) >= 11 is 0. The van der Waals surface area contributed by atoms with Crippen LogP contribution >= 0.6 is 0 Å². The van der Waals surface area contributed by atoms with Crippen LogP contribution in [0.4, 0.5) is 0 Å². The number of phenols is 2. The van der Waals surface area contributed by atoms with E-state index in [1.807, 2.05) is 19.2 Å². The molecule has 4 rings (SSSR count). The highest BCUT2D eigenvalue weighted by Crippen LogP contribution is 2.57. The van der Waals surface area contributed by atoms with E-state index < -0.39 is 28.5 Å². The van der Waals surface area contributed by atoms with Crippen molar-refractivity contribution in [2.24, 2.45) is 0 Å². The predicted molar refractivity (Wildman–Crippen MR) is 118 cm³/mol. The van der Waals surface area contributed by atoms with Gasteiger partial charge < -0.3 is 20.3 Å². The summed E-state index contributed by atoms with van der Waals surface area (Å²) in [5, 5.41) is 28.7. The van der Waals surface area contributed by atoms with Crippen molar-refractivity contribution in [2.45, 2.75) is 46.6 Å². The second-order valence-electron chi connectivity index (χ2n) is 8.53. The normalized spacial score (nSPS) is 20.7. The second kappa shape index (κ2) is 7.61. The van der Waals surface area contributed by atoms with Crippen molar-refractivity contribution in [3.63, 3.8) is 0 Å². The van der Waals surface area contributed by atoms with Crippen molar-refractivity contribution >= 4 is 17.3 Å². The molecular formula is C24H25N3O6. The lowest BCUT2D eigenvalue weighted by Crippen LogP contribution is -2.41. The summed E-state index contributed by atoms with van der Waals surface area (Å²) in [7, 11) is 0. The minimum atomic E-state index is -1.52. The molecule has 2 aliphatic rings. The number of Topliss-reactive ketones (excluding diaryl/α,β-unsaturated/α-hetero) is 2. The lowest BCUT2D eigenvalue weighted by molar-refractivity contribution is -0.123. The van der Waals surface area contributed by atoms with Gasteiger partial charge in [-0.1, -0.05) is 0 Å². The van der Waals surface area contributed by atoms with Crippen molar-refractivity contribution in [1.29, 1.82) is 0 Å². The smallest absolute Gasteiger partial charge is 0.194 e. The Labute approximate surface area is 190 Å². The average molecular weight is 451 g/mol. The Balaban J connectivity index is 1.76. The topological polar surface area (TPSA) is 131 Å². The Morgan fingerprint density at radius 1 is 1.21 bits per heavy atom. The van der Waals surface area contributed by atoms with Gasteiger partial charge in [0.25, 0.3) is 0 Å². The highest BCUT2D eigenvalue weighted by molar-refractivity contribution is 6.31. The van der Waals surface area contributed by atoms with Gasteiger partial charge in [-0.15, -0.1) is 0 Å². The molecule has 9 nitrogen and oxygen atoms in total. The van der Waals surface area contributed by atoms with Crippen molar-refractivity contribution in [2.75, 3.05) is 6.54 Å². The fourth-order valence-electron chi connectivity index (χ4n) is 4.40. The van der Waals surface area contributed by atoms with Gasteiger partial charge in [0.1, 0.15) is 34.0 Å². The Morgan fingerprint density at radius 3 is 2.52 bits per heavy atom. The molecule has 0 spiro atoms. The number of carbonyl (C=O) groups excluding carboxylic acids is 3. The quantitative estimate of drug-likeness (QED) is 0.359. The van der Waals surface area contributed by atoms with E-state index in [0.29, 0.717) is 18.8 Å². The molecule has 33 heavy (non-hydrogen) atoms. The molecule has 0 bridgehead atoms. The zero-order valence-electron chi connectivity index (χ0n) is 19.1. The number of aryl methyl sites for hydroxylation is 1. The van der Waals surface area contributed by atoms with Crippen LogP contribution in [0.15, 0.2) is 35.4 Å². The van der Waals surface area contributed by atoms with E-state index in [9.17, 15) is 24.6 Å². The molecular weight excluding hydrogens is 426 g/mol. The largest absolute Gasteiger partial charge is 0.507 e. The van der Waals surface area contributed by atoms with Gasteiger partial charge >= 0.3 is 0 Å². The number of rotatable bonds is 5. The van der Waals surface area contributed by atoms with Gasteiger partial charge in [0.15, 0.2) is 17.3 Å². The van der Waals surface area contributed by atoms with Gasteiger partial charge in [-0.2, -0.15) is 5.10 Å². The van der Waals surface area contributed by atoms with Crippen LogP contribution in [-0.2, 0) is 21.5 Å². The Morgan fingerprint density at radius 2 is 1.91 bits per heavy atom. The van der Waals surface area contributed by atoms with Crippen LogP contribution in [0.25, 0.3) is 0 Å². The number of fused-ring (bicyclic) bond motifs is 3. The fraction of sp³-hybridized carbons (Fsp3) is 0.333. The number of benzene rings is 1. The van der Waals surface area contributed by atoms with Gasteiger partial charge in [0.2, 0.25) is 0 Å². The fourth-order valence-corrected chi connectivity index (χ4v) is 4.40. The van der Waals surface area contributed by atoms with Crippen LogP contribution in [0, 0.1) is 13.8 Å². The lowest BCUT2D eigenvalue weighted by atomic mass is 9.70. The molecule has 0 radical (unpaired) electrons. The molecule has 1 aromatic heterocycles. The highest BCUT2D eigenvalue weighted by Gasteiger charge is 2.56. The second-order valence-corrected chi connectivity index (χ2v) is 8.53. The molecule has 2 aromatic rings. The standard InChI is InChI=1S/C24H25N3O6/c1-11-6-8-27(26-11)9-7-25-13(3)17-15(29)10-16-24(5,23(17)32)19-21(31)12(2)20(30)18(14(4)28)22(19)33-16/h6,8,10,25,30-31H,7,9H2,1-5H3/b17-13+/t24-/m0/s1. The van der Waals surface area contributed by atoms with Crippen LogP contribution in [0.5, 0.6) is 17.2 Å². The monoisotopic (exact) mass is 451 g/mol. The maximum atomic E-state index is 13.7. The zero-order chi connectivity index (χ0) is 24.2. The summed E-state index contributed by atoms with van der Waals surface area (Å²) in [6, 6.07) is 1.88. The molecule has 3 N–H and O–H groups in total. The van der Waals surface area contributed by atoms with E-state index in [-0.39, 0.29) is 39.5 Å². The van der Waals surface area contributed by atoms with Gasteiger partial charge in [-0.25, -0.2) is 0 Å². The number of phenolic OH excluding ortho intramolecular Hbond substituents is 2. The molecule has 1 aliphatic heterocycles. The molecule has 0 saturated carbocycles. The summed E-state index contributed by atoms with van der Waals surface area (Å²) in [4.78, 5) is 38.8. The number of hydrogen-bond donors (Lipinski definition) is 3. The third kappa shape index (κ3) is 3.23. The van der Waals surface area contributed by atoms with Crippen LogP contribution < -0.4 is 10.1 Å². The number of nitrogens with zero attached hydrogens (tertiary/aromatic N) is 2. The highest BCUT2D eigenvalue weighted by atomic mass is 16.5. The maximum absolute atomic E-state index is 13.7. The van der Waals surface area contributed by atoms with Gasteiger partial charge in [0, 0.05) is 30.1 Å². The summed E-state index contributed by atoms with van der Waals surface area (Å²) in [5.41, 5.74) is -0.294. The first-order valence-corrected chi connectivity index (χ1v) is 10.5. The number of nitrogens with one attached hydrogen (secondary N) is 1. The van der Waals surface area contributed by atoms with E-state index in [1.54, 1.807) is 18.5 Å². The van der Waals surface area contributed by atoms with E-state index in [0.717, 1.165) is 5.69 Å². The molecule has 1 aromatic carbocycles. The van der Waals surface area contributed by atoms with Crippen molar-refractivity contribution < 1.29 is 29.3 Å². The van der Waals surface area contributed by atoms with Crippen LogP contribution in [0.1, 0.15) is 48.0 Å². The van der Waals surface area contributed by atoms with Crippen molar-refractivity contribution in [3.05, 3.63) is 57.8 Å². The maximum Gasteiger partial charge on any atom is 0.194 e. The number of aromatic hydroxyl groups is 2. The zero-order valence-corrected chi connectivity index (χ0v) is 19.1. The molecule has 1 atom stereocenters. The SMILES string of the molecule is CC(=O)c1c(O)c(C)c(O)c2c1OC1=CC(=O)/C(=C(/C)NCCn3ccc(C)n3)C(=O)[C@@]12C. The predicted octanol–water partition coefficient (Wildman–Crippen LogP) is 2.36. The van der Waals surface area contributed by atoms with Crippen LogP contribution in [-0.4, -0.2) is 43.9 Å². The number of ketones is 3. The molecule has 172 valence electrons. The Kier molecular flexibility index (Phi) is 5.15. The number of allylic oxidation sites excluding steroid dienone is 4. The Hall–Kier alpha value is -3.88. The molecule has 1 aliphatic carbocycles. The molecule has 0 fully saturated rings. The van der Waals surface area contributed by atoms with Gasteiger partial charge in [-0.05, 0) is 40.7 Å². The molecule has 9 heteroatoms. The van der Waals surface area contributed by atoms with E-state index in [4.69, 9.17) is 4.74 Å². The van der Waals surface area contributed by atoms with Crippen LogP contribution in [0.2, 0.25) is 0 Å². The molecule has 2 heterocycles. The minimum Gasteiger partial charge on any atom is -0.507 e. The van der Waals surface area contributed by atoms with Crippen molar-refractivity contribution in [1.82, 2.24) is 15.1 Å². The average Bonchev–Trinajstić information content (AvgIpc) is 3.27. The summed E-state index contributed by atoms with van der Waals surface area (Å²) < 4.78 is 7.51. The first-order valence-electron chi connectivity index (χ1n) is 10.5. The van der Waals surface area contributed by atoms with Crippen molar-refractivity contribution in [3.8, 4) is 17.2 Å². The number of aromatic nitrogens is 2. The first-order chi connectivity index (χ1) is 15.5. The third-order valence-electron chi connectivity index (χ3n) is 6.26. The molecule has 0 saturated heterocycles. The summed E-state index contributed by atoms with van der Waals surface area (Å²) in [5.74, 6) is -2.43. The van der Waals surface area contributed by atoms with Gasteiger partial charge in [-0.3, -0.25) is 19.1 Å². The van der Waals surface area contributed by atoms with Crippen LogP contribution in [0.3, 0.4) is 0 Å². The Bertz CT molecular complexity index is 1300. The minimum absolute atomic E-state index is 0.0128. The lowest BCUT2D eigenvalue weighted by Gasteiger charge is -2.29. The summed E-state index contributed by atoms with van der Waals surface area (Å²) in [6.07, 6.45) is 3.04. The molecule has 0 amide bonds. The van der Waals surface area contributed by atoms with E-state index >= 15 is 0 Å².